The van der Waals surface area contributed by atoms with E-state index < -0.39 is 47.0 Å². The quantitative estimate of drug-likeness (QED) is 0.481. The summed E-state index contributed by atoms with van der Waals surface area (Å²) in [5, 5.41) is 0. The lowest BCUT2D eigenvalue weighted by atomic mass is 10.1. The number of carbonyl (C=O) groups excluding carboxylic acids is 1. The number of alkyl halides is 7. The minimum absolute atomic E-state index is 0.579. The molecule has 0 aromatic carbocycles. The average molecular weight is 338 g/mol. The third-order valence-electron chi connectivity index (χ3n) is 2.13. The number of hydrogen-bond donors (Lipinski definition) is 0. The molecule has 0 saturated carbocycles. The first-order valence-corrected chi connectivity index (χ1v) is 5.53. The lowest BCUT2D eigenvalue weighted by Gasteiger charge is -2.19. The summed E-state index contributed by atoms with van der Waals surface area (Å²) < 4.78 is 83.1. The Bertz CT molecular complexity index is 543. The molecule has 0 saturated heterocycles. The molecule has 0 spiro atoms. The molecule has 0 atom stereocenters. The number of hydrogen-bond acceptors (Lipinski definition) is 4. The fourth-order valence-corrected chi connectivity index (χ4v) is 1.57. The van der Waals surface area contributed by atoms with Gasteiger partial charge in [-0.25, -0.2) is 9.78 Å². The summed E-state index contributed by atoms with van der Waals surface area (Å²) in [7, 11) is 0.754. The van der Waals surface area contributed by atoms with E-state index in [1.165, 1.54) is 0 Å². The Morgan fingerprint density at radius 1 is 1.29 bits per heavy atom. The van der Waals surface area contributed by atoms with Crippen LogP contribution in [0.5, 0.6) is 5.75 Å². The van der Waals surface area contributed by atoms with Gasteiger partial charge in [0.25, 0.3) is 0 Å². The molecule has 0 aliphatic heterocycles. The van der Waals surface area contributed by atoms with E-state index in [0.29, 0.717) is 6.20 Å². The van der Waals surface area contributed by atoms with Crippen LogP contribution in [0.15, 0.2) is 6.20 Å². The first-order valence-electron chi connectivity index (χ1n) is 5.00. The van der Waals surface area contributed by atoms with Crippen LogP contribution in [0.3, 0.4) is 0 Å². The number of nitrogens with zero attached hydrogens (tertiary/aromatic N) is 1. The molecule has 1 heterocycles. The Kier molecular flexibility index (Phi) is 4.92. The van der Waals surface area contributed by atoms with E-state index in [1.807, 2.05) is 0 Å². The molecule has 1 aromatic rings. The third-order valence-corrected chi connectivity index (χ3v) is 2.42. The van der Waals surface area contributed by atoms with Gasteiger partial charge in [-0.15, -0.1) is 24.8 Å². The third kappa shape index (κ3) is 4.13. The predicted octanol–water partition coefficient (Wildman–Crippen LogP) is 3.52. The van der Waals surface area contributed by atoms with Gasteiger partial charge < -0.3 is 9.47 Å². The predicted molar refractivity (Wildman–Crippen MR) is 56.8 cm³/mol. The largest absolute Gasteiger partial charge is 0.573 e. The zero-order valence-electron chi connectivity index (χ0n) is 10.1. The summed E-state index contributed by atoms with van der Waals surface area (Å²) in [6, 6.07) is 0. The van der Waals surface area contributed by atoms with Gasteiger partial charge in [0.05, 0.1) is 13.0 Å². The SMILES string of the molecule is COC(=O)c1ncc(CCl)c(OC(F)(F)F)c1C(F)(F)F. The van der Waals surface area contributed by atoms with Crippen molar-refractivity contribution in [1.82, 2.24) is 4.98 Å². The highest BCUT2D eigenvalue weighted by Gasteiger charge is 2.44. The molecule has 0 amide bonds. The molecule has 0 aliphatic carbocycles. The van der Waals surface area contributed by atoms with Crippen molar-refractivity contribution in [2.24, 2.45) is 0 Å². The Hall–Kier alpha value is -1.71. The number of halogens is 7. The summed E-state index contributed by atoms with van der Waals surface area (Å²) >= 11 is 5.28. The van der Waals surface area contributed by atoms with Gasteiger partial charge in [-0.3, -0.25) is 0 Å². The molecule has 1 aromatic heterocycles. The smallest absolute Gasteiger partial charge is 0.464 e. The summed E-state index contributed by atoms with van der Waals surface area (Å²) in [4.78, 5) is 14.4. The molecule has 0 N–H and O–H groups in total. The van der Waals surface area contributed by atoms with E-state index in [4.69, 9.17) is 11.6 Å². The summed E-state index contributed by atoms with van der Waals surface area (Å²) in [6.45, 7) is 0. The van der Waals surface area contributed by atoms with Gasteiger partial charge in [-0.05, 0) is 0 Å². The van der Waals surface area contributed by atoms with Crippen LogP contribution in [0.25, 0.3) is 0 Å². The second-order valence-corrected chi connectivity index (χ2v) is 3.77. The molecule has 11 heteroatoms. The summed E-state index contributed by atoms with van der Waals surface area (Å²) in [5.41, 5.74) is -4.02. The molecule has 0 bridgehead atoms. The fourth-order valence-electron chi connectivity index (χ4n) is 1.38. The number of aromatic nitrogens is 1. The van der Waals surface area contributed by atoms with Gasteiger partial charge in [0.2, 0.25) is 0 Å². The number of rotatable bonds is 3. The Morgan fingerprint density at radius 3 is 2.24 bits per heavy atom. The molecular formula is C10H6ClF6NO3. The van der Waals surface area contributed by atoms with Crippen LogP contribution in [0.4, 0.5) is 26.3 Å². The van der Waals surface area contributed by atoms with Crippen LogP contribution in [0, 0.1) is 0 Å². The van der Waals surface area contributed by atoms with Crippen LogP contribution in [-0.2, 0) is 16.8 Å². The lowest BCUT2D eigenvalue weighted by Crippen LogP contribution is -2.24. The van der Waals surface area contributed by atoms with Crippen LogP contribution in [-0.4, -0.2) is 24.4 Å². The van der Waals surface area contributed by atoms with Crippen LogP contribution >= 0.6 is 11.6 Å². The van der Waals surface area contributed by atoms with E-state index in [9.17, 15) is 31.1 Å². The molecule has 0 radical (unpaired) electrons. The zero-order valence-corrected chi connectivity index (χ0v) is 10.9. The van der Waals surface area contributed by atoms with Gasteiger partial charge in [0.15, 0.2) is 5.69 Å². The van der Waals surface area contributed by atoms with Gasteiger partial charge in [-0.2, -0.15) is 13.2 Å². The lowest BCUT2D eigenvalue weighted by molar-refractivity contribution is -0.276. The van der Waals surface area contributed by atoms with Crippen molar-refractivity contribution in [3.05, 3.63) is 23.0 Å². The Balaban J connectivity index is 3.66. The maximum Gasteiger partial charge on any atom is 0.573 e. The van der Waals surface area contributed by atoms with Crippen molar-refractivity contribution in [1.29, 1.82) is 0 Å². The van der Waals surface area contributed by atoms with Crippen molar-refractivity contribution in [2.45, 2.75) is 18.4 Å². The van der Waals surface area contributed by atoms with Crippen molar-refractivity contribution in [3.8, 4) is 5.75 Å². The summed E-state index contributed by atoms with van der Waals surface area (Å²) in [6.07, 6.45) is -10.2. The minimum Gasteiger partial charge on any atom is -0.464 e. The van der Waals surface area contributed by atoms with E-state index in [1.54, 1.807) is 0 Å². The number of esters is 1. The van der Waals surface area contributed by atoms with Crippen molar-refractivity contribution < 1.29 is 40.6 Å². The highest BCUT2D eigenvalue weighted by atomic mass is 35.5. The van der Waals surface area contributed by atoms with E-state index in [2.05, 4.69) is 14.5 Å². The van der Waals surface area contributed by atoms with E-state index in [-0.39, 0.29) is 0 Å². The zero-order chi connectivity index (χ0) is 16.4. The molecule has 0 unspecified atom stereocenters. The van der Waals surface area contributed by atoms with Crippen molar-refractivity contribution in [2.75, 3.05) is 7.11 Å². The molecule has 1 rings (SSSR count). The average Bonchev–Trinajstić information content (AvgIpc) is 2.33. The normalized spacial score (nSPS) is 12.2. The molecule has 118 valence electrons. The molecule has 0 aliphatic rings. The maximum atomic E-state index is 13.0. The molecular weight excluding hydrogens is 332 g/mol. The second kappa shape index (κ2) is 5.96. The second-order valence-electron chi connectivity index (χ2n) is 3.51. The minimum atomic E-state index is -5.41. The molecule has 0 fully saturated rings. The van der Waals surface area contributed by atoms with E-state index in [0.717, 1.165) is 7.11 Å². The van der Waals surface area contributed by atoms with Gasteiger partial charge in [0.1, 0.15) is 11.3 Å². The molecule has 21 heavy (non-hydrogen) atoms. The summed E-state index contributed by atoms with van der Waals surface area (Å²) in [5.74, 6) is -3.92. The highest BCUT2D eigenvalue weighted by Crippen LogP contribution is 2.42. The van der Waals surface area contributed by atoms with Gasteiger partial charge in [0, 0.05) is 11.8 Å². The number of carbonyl (C=O) groups is 1. The topological polar surface area (TPSA) is 48.4 Å². The fraction of sp³-hybridized carbons (Fsp3) is 0.400. The number of ether oxygens (including phenoxy) is 2. The highest BCUT2D eigenvalue weighted by molar-refractivity contribution is 6.17. The number of pyridine rings is 1. The van der Waals surface area contributed by atoms with Crippen molar-refractivity contribution >= 4 is 17.6 Å². The first-order chi connectivity index (χ1) is 9.51. The van der Waals surface area contributed by atoms with Crippen LogP contribution in [0.1, 0.15) is 21.6 Å². The standard InChI is InChI=1S/C10H6ClF6NO3/c1-20-8(19)6-5(9(12,13)14)7(21-10(15,16)17)4(2-11)3-18-6/h3H,2H2,1H3. The Morgan fingerprint density at radius 2 is 1.86 bits per heavy atom. The van der Waals surface area contributed by atoms with Gasteiger partial charge in [-0.1, -0.05) is 0 Å². The van der Waals surface area contributed by atoms with E-state index >= 15 is 0 Å². The molecule has 4 nitrogen and oxygen atoms in total. The monoisotopic (exact) mass is 337 g/mol. The number of methoxy groups -OCH3 is 1. The van der Waals surface area contributed by atoms with Crippen LogP contribution < -0.4 is 4.74 Å². The van der Waals surface area contributed by atoms with Crippen LogP contribution in [0.2, 0.25) is 0 Å². The van der Waals surface area contributed by atoms with Crippen molar-refractivity contribution in [3.63, 3.8) is 0 Å². The van der Waals surface area contributed by atoms with Gasteiger partial charge >= 0.3 is 18.5 Å². The first kappa shape index (κ1) is 17.3. The maximum absolute atomic E-state index is 13.0. The Labute approximate surface area is 118 Å².